The first kappa shape index (κ1) is 18.1. The first-order valence-electron chi connectivity index (χ1n) is 10.0. The molecule has 0 amide bonds. The number of ketones is 1. The third-order valence-corrected chi connectivity index (χ3v) is 5.35. The van der Waals surface area contributed by atoms with E-state index in [2.05, 4.69) is 27.4 Å². The average Bonchev–Trinajstić information content (AvgIpc) is 3.36. The first-order valence-corrected chi connectivity index (χ1v) is 10.0. The molecule has 0 saturated carbocycles. The second-order valence-electron chi connectivity index (χ2n) is 7.35. The SMILES string of the molecule is O=C1C(=CNCc2ccccc2)C(c2ccccc2)=CC1c1nc2ccccc2[nH]1. The van der Waals surface area contributed by atoms with Gasteiger partial charge in [0.2, 0.25) is 0 Å². The Hall–Kier alpha value is -3.92. The molecule has 1 heterocycles. The number of carbonyl (C=O) groups excluding carboxylic acids is 1. The van der Waals surface area contributed by atoms with Gasteiger partial charge in [0.25, 0.3) is 0 Å². The zero-order valence-corrected chi connectivity index (χ0v) is 16.4. The van der Waals surface area contributed by atoms with Gasteiger partial charge in [0.05, 0.1) is 17.0 Å². The van der Waals surface area contributed by atoms with Crippen LogP contribution >= 0.6 is 0 Å². The lowest BCUT2D eigenvalue weighted by Crippen LogP contribution is -2.13. The molecule has 1 aromatic heterocycles. The molecular weight excluding hydrogens is 370 g/mol. The standard InChI is InChI=1S/C26H21N3O/c30-25-21(26-28-23-13-7-8-14-24(23)29-26)15-20(19-11-5-2-6-12-19)22(25)17-27-16-18-9-3-1-4-10-18/h1-15,17,21,27H,16H2,(H,28,29). The summed E-state index contributed by atoms with van der Waals surface area (Å²) in [6.45, 7) is 0.662. The van der Waals surface area contributed by atoms with Crippen LogP contribution in [0.2, 0.25) is 0 Å². The van der Waals surface area contributed by atoms with E-state index in [0.717, 1.165) is 22.2 Å². The van der Waals surface area contributed by atoms with Crippen LogP contribution in [0.25, 0.3) is 16.6 Å². The van der Waals surface area contributed by atoms with Crippen LogP contribution in [0, 0.1) is 0 Å². The Labute approximate surface area is 175 Å². The summed E-state index contributed by atoms with van der Waals surface area (Å²) in [5.74, 6) is 0.312. The Bertz CT molecular complexity index is 1220. The number of para-hydroxylation sites is 2. The Balaban J connectivity index is 1.49. The molecule has 4 heteroatoms. The van der Waals surface area contributed by atoms with Crippen LogP contribution in [-0.2, 0) is 11.3 Å². The van der Waals surface area contributed by atoms with E-state index in [4.69, 9.17) is 0 Å². The fraction of sp³-hybridized carbons (Fsp3) is 0.0769. The van der Waals surface area contributed by atoms with E-state index in [0.29, 0.717) is 17.9 Å². The molecule has 0 fully saturated rings. The maximum Gasteiger partial charge on any atom is 0.179 e. The molecule has 1 aliphatic rings. The van der Waals surface area contributed by atoms with Gasteiger partial charge >= 0.3 is 0 Å². The highest BCUT2D eigenvalue weighted by Crippen LogP contribution is 2.38. The van der Waals surface area contributed by atoms with Gasteiger partial charge in [-0.3, -0.25) is 4.79 Å². The van der Waals surface area contributed by atoms with Gasteiger partial charge in [-0.05, 0) is 28.8 Å². The smallest absolute Gasteiger partial charge is 0.179 e. The monoisotopic (exact) mass is 391 g/mol. The van der Waals surface area contributed by atoms with Crippen LogP contribution in [-0.4, -0.2) is 15.8 Å². The number of hydrogen-bond acceptors (Lipinski definition) is 3. The highest BCUT2D eigenvalue weighted by molar-refractivity contribution is 6.18. The van der Waals surface area contributed by atoms with Gasteiger partial charge < -0.3 is 10.3 Å². The minimum Gasteiger partial charge on any atom is -0.386 e. The number of rotatable bonds is 5. The third kappa shape index (κ3) is 3.44. The number of nitrogens with one attached hydrogen (secondary N) is 2. The number of imidazole rings is 1. The number of H-pyrrole nitrogens is 1. The van der Waals surface area contributed by atoms with Gasteiger partial charge in [-0.2, -0.15) is 0 Å². The number of benzene rings is 3. The predicted molar refractivity (Wildman–Crippen MR) is 120 cm³/mol. The van der Waals surface area contributed by atoms with Gasteiger partial charge in [0, 0.05) is 18.3 Å². The summed E-state index contributed by atoms with van der Waals surface area (Å²) in [4.78, 5) is 21.4. The van der Waals surface area contributed by atoms with E-state index in [-0.39, 0.29) is 5.78 Å². The predicted octanol–water partition coefficient (Wildman–Crippen LogP) is 4.99. The molecule has 1 aliphatic carbocycles. The van der Waals surface area contributed by atoms with Crippen molar-refractivity contribution in [2.75, 3.05) is 0 Å². The maximum absolute atomic E-state index is 13.4. The van der Waals surface area contributed by atoms with Crippen molar-refractivity contribution in [3.8, 4) is 0 Å². The molecule has 0 aliphatic heterocycles. The largest absolute Gasteiger partial charge is 0.386 e. The molecule has 5 rings (SSSR count). The van der Waals surface area contributed by atoms with E-state index >= 15 is 0 Å². The van der Waals surface area contributed by atoms with Crippen molar-refractivity contribution in [3.05, 3.63) is 120 Å². The molecule has 1 unspecified atom stereocenters. The summed E-state index contributed by atoms with van der Waals surface area (Å²) in [5, 5.41) is 3.32. The van der Waals surface area contributed by atoms with Crippen molar-refractivity contribution in [2.45, 2.75) is 12.5 Å². The lowest BCUT2D eigenvalue weighted by Gasteiger charge is -2.08. The number of Topliss-reactive ketones (excluding diaryl/α,β-unsaturated/α-hetero) is 1. The van der Waals surface area contributed by atoms with Crippen molar-refractivity contribution in [2.24, 2.45) is 0 Å². The van der Waals surface area contributed by atoms with Crippen LogP contribution in [0.5, 0.6) is 0 Å². The van der Waals surface area contributed by atoms with E-state index in [9.17, 15) is 4.79 Å². The highest BCUT2D eigenvalue weighted by Gasteiger charge is 2.34. The Kier molecular flexibility index (Phi) is 4.74. The zero-order chi connectivity index (χ0) is 20.3. The Morgan fingerprint density at radius 2 is 1.60 bits per heavy atom. The molecule has 0 saturated heterocycles. The fourth-order valence-corrected chi connectivity index (χ4v) is 3.84. The van der Waals surface area contributed by atoms with Gasteiger partial charge in [-0.1, -0.05) is 78.9 Å². The van der Waals surface area contributed by atoms with Crippen molar-refractivity contribution in [1.82, 2.24) is 15.3 Å². The molecule has 2 N–H and O–H groups in total. The zero-order valence-electron chi connectivity index (χ0n) is 16.4. The van der Waals surface area contributed by atoms with E-state index in [1.54, 1.807) is 0 Å². The molecule has 3 aromatic carbocycles. The molecule has 1 atom stereocenters. The molecule has 0 spiro atoms. The summed E-state index contributed by atoms with van der Waals surface area (Å²) in [6.07, 6.45) is 3.86. The number of aromatic nitrogens is 2. The summed E-state index contributed by atoms with van der Waals surface area (Å²) >= 11 is 0. The first-order chi connectivity index (χ1) is 14.8. The van der Waals surface area contributed by atoms with Crippen LogP contribution in [0.3, 0.4) is 0 Å². The van der Waals surface area contributed by atoms with Gasteiger partial charge in [-0.15, -0.1) is 0 Å². The van der Waals surface area contributed by atoms with Crippen molar-refractivity contribution < 1.29 is 4.79 Å². The second-order valence-corrected chi connectivity index (χ2v) is 7.35. The number of allylic oxidation sites excluding steroid dienone is 3. The summed E-state index contributed by atoms with van der Waals surface area (Å²) in [7, 11) is 0. The lowest BCUT2D eigenvalue weighted by molar-refractivity contribution is -0.115. The fourth-order valence-electron chi connectivity index (χ4n) is 3.84. The average molecular weight is 391 g/mol. The number of hydrogen-bond donors (Lipinski definition) is 2. The Morgan fingerprint density at radius 3 is 2.37 bits per heavy atom. The number of nitrogens with zero attached hydrogens (tertiary/aromatic N) is 1. The summed E-state index contributed by atoms with van der Waals surface area (Å²) in [6, 6.07) is 28.0. The van der Waals surface area contributed by atoms with Crippen LogP contribution in [0.1, 0.15) is 22.9 Å². The summed E-state index contributed by atoms with van der Waals surface area (Å²) in [5.41, 5.74) is 5.62. The molecule has 4 aromatic rings. The molecule has 0 bridgehead atoms. The van der Waals surface area contributed by atoms with Gasteiger partial charge in [0.1, 0.15) is 5.82 Å². The minimum atomic E-state index is -0.419. The lowest BCUT2D eigenvalue weighted by atomic mass is 10.0. The number of aromatic amines is 1. The van der Waals surface area contributed by atoms with Crippen LogP contribution in [0.4, 0.5) is 0 Å². The van der Waals surface area contributed by atoms with E-state index < -0.39 is 5.92 Å². The molecular formula is C26H21N3O. The Morgan fingerprint density at radius 1 is 0.900 bits per heavy atom. The highest BCUT2D eigenvalue weighted by atomic mass is 16.1. The number of fused-ring (bicyclic) bond motifs is 1. The molecule has 0 radical (unpaired) electrons. The minimum absolute atomic E-state index is 0.0495. The maximum atomic E-state index is 13.4. The molecule has 4 nitrogen and oxygen atoms in total. The molecule has 30 heavy (non-hydrogen) atoms. The van der Waals surface area contributed by atoms with E-state index in [1.165, 1.54) is 5.56 Å². The topological polar surface area (TPSA) is 57.8 Å². The van der Waals surface area contributed by atoms with Crippen molar-refractivity contribution >= 4 is 22.4 Å². The van der Waals surface area contributed by atoms with Crippen LogP contribution < -0.4 is 5.32 Å². The van der Waals surface area contributed by atoms with Gasteiger partial charge in [-0.25, -0.2) is 4.98 Å². The van der Waals surface area contributed by atoms with Crippen molar-refractivity contribution in [3.63, 3.8) is 0 Å². The van der Waals surface area contributed by atoms with Gasteiger partial charge in [0.15, 0.2) is 5.78 Å². The normalized spacial score (nSPS) is 17.5. The van der Waals surface area contributed by atoms with Crippen LogP contribution in [0.15, 0.2) is 103 Å². The van der Waals surface area contributed by atoms with E-state index in [1.807, 2.05) is 85.1 Å². The number of carbonyl (C=O) groups is 1. The second kappa shape index (κ2) is 7.84. The molecule has 146 valence electrons. The van der Waals surface area contributed by atoms with Crippen molar-refractivity contribution in [1.29, 1.82) is 0 Å². The quantitative estimate of drug-likeness (QED) is 0.472. The third-order valence-electron chi connectivity index (χ3n) is 5.35. The summed E-state index contributed by atoms with van der Waals surface area (Å²) < 4.78 is 0.